The van der Waals surface area contributed by atoms with Crippen molar-refractivity contribution in [3.05, 3.63) is 55.6 Å². The molecule has 3 nitrogen and oxygen atoms in total. The molecule has 0 bridgehead atoms. The summed E-state index contributed by atoms with van der Waals surface area (Å²) >= 11 is 10.5. The second-order valence-corrected chi connectivity index (χ2v) is 7.45. The average Bonchev–Trinajstić information content (AvgIpc) is 3.22. The number of hydrazone groups is 1. The first-order valence-electron chi connectivity index (χ1n) is 6.52. The molecule has 0 aliphatic heterocycles. The SMILES string of the molecule is O=C(N/N=C(\c1ccc(Br)cc1)C1CC1)c1ccc(Cl)s1. The normalized spacial score (nSPS) is 15.0. The van der Waals surface area contributed by atoms with E-state index in [2.05, 4.69) is 26.5 Å². The fourth-order valence-electron chi connectivity index (χ4n) is 1.97. The number of carbonyl (C=O) groups excluding carboxylic acids is 1. The molecule has 1 aliphatic rings. The molecular formula is C15H12BrClN2OS. The Balaban J connectivity index is 1.78. The topological polar surface area (TPSA) is 41.5 Å². The highest BCUT2D eigenvalue weighted by molar-refractivity contribution is 9.10. The van der Waals surface area contributed by atoms with E-state index >= 15 is 0 Å². The molecule has 0 spiro atoms. The zero-order valence-corrected chi connectivity index (χ0v) is 14.1. The van der Waals surface area contributed by atoms with Crippen LogP contribution in [0.2, 0.25) is 4.34 Å². The molecule has 1 heterocycles. The third-order valence-corrected chi connectivity index (χ3v) is 4.94. The molecular weight excluding hydrogens is 372 g/mol. The van der Waals surface area contributed by atoms with E-state index in [0.717, 1.165) is 28.6 Å². The molecule has 1 aromatic heterocycles. The van der Waals surface area contributed by atoms with Gasteiger partial charge in [0.15, 0.2) is 0 Å². The first kappa shape index (κ1) is 14.8. The number of halogens is 2. The van der Waals surface area contributed by atoms with Crippen molar-refractivity contribution in [3.8, 4) is 0 Å². The van der Waals surface area contributed by atoms with Gasteiger partial charge >= 0.3 is 0 Å². The lowest BCUT2D eigenvalue weighted by Gasteiger charge is -2.06. The first-order valence-corrected chi connectivity index (χ1v) is 8.51. The molecule has 108 valence electrons. The van der Waals surface area contributed by atoms with Crippen molar-refractivity contribution >= 4 is 50.5 Å². The van der Waals surface area contributed by atoms with E-state index in [1.165, 1.54) is 11.3 Å². The van der Waals surface area contributed by atoms with Crippen LogP contribution in [0.15, 0.2) is 46.0 Å². The van der Waals surface area contributed by atoms with Gasteiger partial charge in [0.2, 0.25) is 0 Å². The van der Waals surface area contributed by atoms with E-state index in [1.54, 1.807) is 12.1 Å². The fourth-order valence-corrected chi connectivity index (χ4v) is 3.17. The molecule has 3 rings (SSSR count). The summed E-state index contributed by atoms with van der Waals surface area (Å²) in [6, 6.07) is 11.4. The molecule has 21 heavy (non-hydrogen) atoms. The van der Waals surface area contributed by atoms with Crippen LogP contribution < -0.4 is 5.43 Å². The minimum atomic E-state index is -0.220. The van der Waals surface area contributed by atoms with Crippen LogP contribution >= 0.6 is 38.9 Å². The van der Waals surface area contributed by atoms with Gasteiger partial charge in [-0.2, -0.15) is 5.10 Å². The van der Waals surface area contributed by atoms with Gasteiger partial charge < -0.3 is 0 Å². The molecule has 1 aromatic carbocycles. The largest absolute Gasteiger partial charge is 0.281 e. The van der Waals surface area contributed by atoms with E-state index in [4.69, 9.17) is 11.6 Å². The Labute approximate surface area is 140 Å². The highest BCUT2D eigenvalue weighted by Gasteiger charge is 2.29. The lowest BCUT2D eigenvalue weighted by molar-refractivity contribution is 0.0959. The van der Waals surface area contributed by atoms with Gasteiger partial charge in [-0.3, -0.25) is 4.79 Å². The lowest BCUT2D eigenvalue weighted by atomic mass is 10.1. The van der Waals surface area contributed by atoms with Crippen molar-refractivity contribution in [2.75, 3.05) is 0 Å². The predicted octanol–water partition coefficient (Wildman–Crippen LogP) is 4.71. The minimum absolute atomic E-state index is 0.220. The Hall–Kier alpha value is -1.17. The Morgan fingerprint density at radius 3 is 2.52 bits per heavy atom. The summed E-state index contributed by atoms with van der Waals surface area (Å²) in [5.41, 5.74) is 4.63. The molecule has 0 atom stereocenters. The number of benzene rings is 1. The van der Waals surface area contributed by atoms with Crippen LogP contribution in [0.3, 0.4) is 0 Å². The summed E-state index contributed by atoms with van der Waals surface area (Å²) in [6.45, 7) is 0. The van der Waals surface area contributed by atoms with Crippen molar-refractivity contribution in [2.45, 2.75) is 12.8 Å². The second-order valence-electron chi connectivity index (χ2n) is 4.82. The smallest absolute Gasteiger partial charge is 0.266 e. The van der Waals surface area contributed by atoms with E-state index < -0.39 is 0 Å². The Morgan fingerprint density at radius 2 is 1.95 bits per heavy atom. The Kier molecular flexibility index (Phi) is 4.42. The van der Waals surface area contributed by atoms with Crippen molar-refractivity contribution < 1.29 is 4.79 Å². The molecule has 1 fully saturated rings. The maximum atomic E-state index is 12.0. The minimum Gasteiger partial charge on any atom is -0.266 e. The lowest BCUT2D eigenvalue weighted by Crippen LogP contribution is -2.20. The Morgan fingerprint density at radius 1 is 1.24 bits per heavy atom. The van der Waals surface area contributed by atoms with Gasteiger partial charge in [0.25, 0.3) is 5.91 Å². The number of amides is 1. The molecule has 0 radical (unpaired) electrons. The van der Waals surface area contributed by atoms with Crippen LogP contribution in [0.1, 0.15) is 28.1 Å². The van der Waals surface area contributed by atoms with Gasteiger partial charge in [0.1, 0.15) is 0 Å². The summed E-state index contributed by atoms with van der Waals surface area (Å²) < 4.78 is 1.62. The van der Waals surface area contributed by atoms with E-state index in [9.17, 15) is 4.79 Å². The third kappa shape index (κ3) is 3.73. The van der Waals surface area contributed by atoms with Gasteiger partial charge in [0, 0.05) is 10.4 Å². The number of nitrogens with zero attached hydrogens (tertiary/aromatic N) is 1. The summed E-state index contributed by atoms with van der Waals surface area (Å²) in [5.74, 6) is 0.223. The predicted molar refractivity (Wildman–Crippen MR) is 90.2 cm³/mol. The summed E-state index contributed by atoms with van der Waals surface area (Å²) in [4.78, 5) is 12.6. The summed E-state index contributed by atoms with van der Waals surface area (Å²) in [7, 11) is 0. The maximum absolute atomic E-state index is 12.0. The number of hydrogen-bond donors (Lipinski definition) is 1. The second kappa shape index (κ2) is 6.30. The fraction of sp³-hybridized carbons (Fsp3) is 0.200. The van der Waals surface area contributed by atoms with Crippen LogP contribution in [0.5, 0.6) is 0 Å². The first-order chi connectivity index (χ1) is 10.1. The highest BCUT2D eigenvalue weighted by atomic mass is 79.9. The zero-order valence-electron chi connectivity index (χ0n) is 11.0. The molecule has 1 N–H and O–H groups in total. The van der Waals surface area contributed by atoms with Crippen LogP contribution in [0.4, 0.5) is 0 Å². The van der Waals surface area contributed by atoms with Crippen molar-refractivity contribution in [1.82, 2.24) is 5.43 Å². The number of thiophene rings is 1. The van der Waals surface area contributed by atoms with Gasteiger partial charge in [-0.1, -0.05) is 39.7 Å². The quantitative estimate of drug-likeness (QED) is 0.603. The van der Waals surface area contributed by atoms with Crippen LogP contribution in [0.25, 0.3) is 0 Å². The molecule has 6 heteroatoms. The Bertz CT molecular complexity index is 692. The van der Waals surface area contributed by atoms with E-state index in [1.807, 2.05) is 24.3 Å². The van der Waals surface area contributed by atoms with Crippen molar-refractivity contribution in [1.29, 1.82) is 0 Å². The van der Waals surface area contributed by atoms with Gasteiger partial charge in [-0.05, 0) is 42.7 Å². The number of nitrogens with one attached hydrogen (secondary N) is 1. The van der Waals surface area contributed by atoms with Gasteiger partial charge in [-0.15, -0.1) is 11.3 Å². The zero-order chi connectivity index (χ0) is 14.8. The van der Waals surface area contributed by atoms with Crippen LogP contribution in [-0.2, 0) is 0 Å². The number of hydrogen-bond acceptors (Lipinski definition) is 3. The standard InChI is InChI=1S/C15H12BrClN2OS/c16-11-5-3-10(4-6-11)14(9-1-2-9)18-19-15(20)12-7-8-13(17)21-12/h3-9H,1-2H2,(H,19,20)/b18-14-. The van der Waals surface area contributed by atoms with E-state index in [-0.39, 0.29) is 5.91 Å². The molecule has 1 aliphatic carbocycles. The molecule has 2 aromatic rings. The number of carbonyl (C=O) groups is 1. The van der Waals surface area contributed by atoms with Gasteiger partial charge in [-0.25, -0.2) is 5.43 Å². The molecule has 1 amide bonds. The number of rotatable bonds is 4. The van der Waals surface area contributed by atoms with E-state index in [0.29, 0.717) is 15.1 Å². The van der Waals surface area contributed by atoms with Crippen molar-refractivity contribution in [2.24, 2.45) is 11.0 Å². The highest BCUT2D eigenvalue weighted by Crippen LogP contribution is 2.33. The molecule has 1 saturated carbocycles. The van der Waals surface area contributed by atoms with Crippen LogP contribution in [-0.4, -0.2) is 11.6 Å². The third-order valence-electron chi connectivity index (χ3n) is 3.18. The summed E-state index contributed by atoms with van der Waals surface area (Å²) in [6.07, 6.45) is 2.24. The average molecular weight is 384 g/mol. The maximum Gasteiger partial charge on any atom is 0.281 e. The summed E-state index contributed by atoms with van der Waals surface area (Å²) in [5, 5.41) is 4.34. The monoisotopic (exact) mass is 382 g/mol. The van der Waals surface area contributed by atoms with Crippen LogP contribution in [0, 0.1) is 5.92 Å². The molecule has 0 saturated heterocycles. The molecule has 0 unspecified atom stereocenters. The van der Waals surface area contributed by atoms with Crippen molar-refractivity contribution in [3.63, 3.8) is 0 Å². The van der Waals surface area contributed by atoms with Gasteiger partial charge in [0.05, 0.1) is 14.9 Å².